The number of aromatic amines is 1. The molecule has 2 N–H and O–H groups in total. The van der Waals surface area contributed by atoms with Crippen molar-refractivity contribution in [2.24, 2.45) is 0 Å². The van der Waals surface area contributed by atoms with Gasteiger partial charge in [0.25, 0.3) is 5.91 Å². The molecule has 0 fully saturated rings. The van der Waals surface area contributed by atoms with Crippen molar-refractivity contribution < 1.29 is 14.6 Å². The zero-order valence-corrected chi connectivity index (χ0v) is 21.2. The van der Waals surface area contributed by atoms with Crippen molar-refractivity contribution >= 4 is 17.5 Å². The first-order valence-electron chi connectivity index (χ1n) is 11.8. The average Bonchev–Trinajstić information content (AvgIpc) is 3.45. The highest BCUT2D eigenvalue weighted by Gasteiger charge is 2.52. The molecule has 2 heterocycles. The molecule has 5 rings (SSSR count). The van der Waals surface area contributed by atoms with Crippen LogP contribution in [-0.2, 0) is 29.2 Å². The Morgan fingerprint density at radius 2 is 1.78 bits per heavy atom. The van der Waals surface area contributed by atoms with E-state index in [1.54, 1.807) is 49.3 Å². The summed E-state index contributed by atoms with van der Waals surface area (Å²) >= 11 is 6.24. The zero-order chi connectivity index (χ0) is 25.5. The number of aromatic nitrogens is 2. The van der Waals surface area contributed by atoms with Gasteiger partial charge in [-0.1, -0.05) is 65.7 Å². The number of hydrogen-bond acceptors (Lipinski definition) is 4. The number of rotatable bonds is 7. The van der Waals surface area contributed by atoms with Crippen LogP contribution in [0.5, 0.6) is 0 Å². The smallest absolute Gasteiger partial charge is 0.257 e. The lowest BCUT2D eigenvalue weighted by Gasteiger charge is -2.39. The number of nitrogens with one attached hydrogen (secondary N) is 1. The van der Waals surface area contributed by atoms with Gasteiger partial charge in [-0.25, -0.2) is 0 Å². The van der Waals surface area contributed by atoms with Gasteiger partial charge in [-0.3, -0.25) is 14.8 Å². The van der Waals surface area contributed by atoms with Crippen molar-refractivity contribution in [3.8, 4) is 0 Å². The van der Waals surface area contributed by atoms with Crippen LogP contribution >= 0.6 is 11.6 Å². The third-order valence-electron chi connectivity index (χ3n) is 6.65. The standard InChI is InChI=1S/C29H28ClN3O3/c1-19-4-6-20(7-5-19)17-33-27(34)25-14-23(28(2,3)35)10-13-26(25)29(33,22-8-11-24(30)12-9-22)36-18-21-15-31-32-16-21/h4-16,35H,17-18H2,1-3H3,(H,31,32). The first kappa shape index (κ1) is 24.3. The van der Waals surface area contributed by atoms with Crippen molar-refractivity contribution in [1.29, 1.82) is 0 Å². The molecule has 1 aliphatic heterocycles. The Morgan fingerprint density at radius 3 is 2.42 bits per heavy atom. The van der Waals surface area contributed by atoms with E-state index in [-0.39, 0.29) is 12.5 Å². The van der Waals surface area contributed by atoms with Gasteiger partial charge in [0.05, 0.1) is 18.4 Å². The van der Waals surface area contributed by atoms with Crippen LogP contribution < -0.4 is 0 Å². The molecule has 1 aromatic heterocycles. The summed E-state index contributed by atoms with van der Waals surface area (Å²) in [5.74, 6) is -0.168. The molecule has 1 unspecified atom stereocenters. The summed E-state index contributed by atoms with van der Waals surface area (Å²) in [5.41, 5.74) is 3.34. The van der Waals surface area contributed by atoms with Crippen LogP contribution in [0, 0.1) is 6.92 Å². The van der Waals surface area contributed by atoms with Crippen LogP contribution in [0.3, 0.4) is 0 Å². The maximum absolute atomic E-state index is 14.1. The maximum Gasteiger partial charge on any atom is 0.257 e. The second kappa shape index (κ2) is 9.21. The van der Waals surface area contributed by atoms with E-state index in [4.69, 9.17) is 16.3 Å². The highest BCUT2D eigenvalue weighted by molar-refractivity contribution is 6.30. The first-order chi connectivity index (χ1) is 17.2. The molecular formula is C29H28ClN3O3. The number of aliphatic hydroxyl groups is 1. The molecule has 4 aromatic rings. The second-order valence-corrected chi connectivity index (χ2v) is 10.2. The Bertz CT molecular complexity index is 1380. The fourth-order valence-corrected chi connectivity index (χ4v) is 4.79. The largest absolute Gasteiger partial charge is 0.386 e. The molecular weight excluding hydrogens is 474 g/mol. The molecule has 0 spiro atoms. The quantitative estimate of drug-likeness (QED) is 0.342. The van der Waals surface area contributed by atoms with Crippen LogP contribution in [-0.4, -0.2) is 26.1 Å². The fraction of sp³-hybridized carbons (Fsp3) is 0.241. The Balaban J connectivity index is 1.71. The predicted molar refractivity (Wildman–Crippen MR) is 138 cm³/mol. The molecule has 36 heavy (non-hydrogen) atoms. The molecule has 0 aliphatic carbocycles. The van der Waals surface area contributed by atoms with Crippen molar-refractivity contribution in [2.45, 2.75) is 45.2 Å². The number of aryl methyl sites for hydroxylation is 1. The maximum atomic E-state index is 14.1. The number of nitrogens with zero attached hydrogens (tertiary/aromatic N) is 2. The second-order valence-electron chi connectivity index (χ2n) is 9.74. The Hall–Kier alpha value is -3.45. The van der Waals surface area contributed by atoms with Gasteiger partial charge in [0.1, 0.15) is 0 Å². The normalized spacial score (nSPS) is 17.5. The van der Waals surface area contributed by atoms with Crippen molar-refractivity contribution in [2.75, 3.05) is 0 Å². The third kappa shape index (κ3) is 4.32. The summed E-state index contributed by atoms with van der Waals surface area (Å²) in [6, 6.07) is 21.0. The minimum atomic E-state index is -1.21. The van der Waals surface area contributed by atoms with Crippen LogP contribution in [0.1, 0.15) is 57.6 Å². The minimum Gasteiger partial charge on any atom is -0.386 e. The third-order valence-corrected chi connectivity index (χ3v) is 6.90. The Kier molecular flexibility index (Phi) is 6.20. The number of H-pyrrole nitrogens is 1. The molecule has 0 saturated heterocycles. The molecule has 0 bridgehead atoms. The minimum absolute atomic E-state index is 0.168. The van der Waals surface area contributed by atoms with Gasteiger partial charge < -0.3 is 9.84 Å². The number of amides is 1. The zero-order valence-electron chi connectivity index (χ0n) is 20.5. The van der Waals surface area contributed by atoms with Crippen molar-refractivity contribution in [3.05, 3.63) is 123 Å². The van der Waals surface area contributed by atoms with E-state index in [0.717, 1.165) is 27.8 Å². The lowest BCUT2D eigenvalue weighted by atomic mass is 9.89. The number of carbonyl (C=O) groups excluding carboxylic acids is 1. The molecule has 184 valence electrons. The number of carbonyl (C=O) groups is 1. The summed E-state index contributed by atoms with van der Waals surface area (Å²) < 4.78 is 6.73. The van der Waals surface area contributed by atoms with Gasteiger partial charge in [-0.05, 0) is 50.1 Å². The number of ether oxygens (including phenoxy) is 1. The molecule has 1 amide bonds. The Labute approximate surface area is 215 Å². The lowest BCUT2D eigenvalue weighted by Crippen LogP contribution is -2.46. The fourth-order valence-electron chi connectivity index (χ4n) is 4.66. The first-order valence-corrected chi connectivity index (χ1v) is 12.2. The molecule has 0 radical (unpaired) electrons. The van der Waals surface area contributed by atoms with Crippen LogP contribution in [0.4, 0.5) is 0 Å². The number of halogens is 1. The molecule has 0 saturated carbocycles. The van der Waals surface area contributed by atoms with Gasteiger partial charge in [0.2, 0.25) is 0 Å². The summed E-state index contributed by atoms with van der Waals surface area (Å²) in [4.78, 5) is 15.8. The lowest BCUT2D eigenvalue weighted by molar-refractivity contribution is -0.120. The topological polar surface area (TPSA) is 78.5 Å². The Morgan fingerprint density at radius 1 is 1.06 bits per heavy atom. The predicted octanol–water partition coefficient (Wildman–Crippen LogP) is 5.67. The van der Waals surface area contributed by atoms with E-state index >= 15 is 0 Å². The number of benzene rings is 3. The van der Waals surface area contributed by atoms with E-state index in [9.17, 15) is 9.90 Å². The van der Waals surface area contributed by atoms with E-state index < -0.39 is 11.3 Å². The molecule has 1 atom stereocenters. The van der Waals surface area contributed by atoms with Gasteiger partial charge in [-0.2, -0.15) is 5.10 Å². The molecule has 6 nitrogen and oxygen atoms in total. The van der Waals surface area contributed by atoms with E-state index in [0.29, 0.717) is 22.7 Å². The van der Waals surface area contributed by atoms with Gasteiger partial charge in [0.15, 0.2) is 5.72 Å². The molecule has 3 aromatic carbocycles. The number of hydrogen-bond donors (Lipinski definition) is 2. The average molecular weight is 502 g/mol. The highest BCUT2D eigenvalue weighted by atomic mass is 35.5. The highest BCUT2D eigenvalue weighted by Crippen LogP contribution is 2.47. The van der Waals surface area contributed by atoms with Crippen LogP contribution in [0.2, 0.25) is 5.02 Å². The van der Waals surface area contributed by atoms with Crippen LogP contribution in [0.15, 0.2) is 79.1 Å². The summed E-state index contributed by atoms with van der Waals surface area (Å²) in [6.07, 6.45) is 3.48. The van der Waals surface area contributed by atoms with E-state index in [1.807, 2.05) is 55.5 Å². The molecule has 1 aliphatic rings. The van der Waals surface area contributed by atoms with E-state index in [2.05, 4.69) is 10.2 Å². The summed E-state index contributed by atoms with van der Waals surface area (Å²) in [7, 11) is 0. The van der Waals surface area contributed by atoms with E-state index in [1.165, 1.54) is 0 Å². The van der Waals surface area contributed by atoms with Gasteiger partial charge in [0, 0.05) is 40.0 Å². The summed E-state index contributed by atoms with van der Waals surface area (Å²) in [5, 5.41) is 18.1. The summed E-state index contributed by atoms with van der Waals surface area (Å²) in [6.45, 7) is 6.01. The monoisotopic (exact) mass is 501 g/mol. The van der Waals surface area contributed by atoms with Gasteiger partial charge in [-0.15, -0.1) is 0 Å². The van der Waals surface area contributed by atoms with Gasteiger partial charge >= 0.3 is 0 Å². The van der Waals surface area contributed by atoms with Crippen molar-refractivity contribution in [1.82, 2.24) is 15.1 Å². The number of fused-ring (bicyclic) bond motifs is 1. The molecule has 7 heteroatoms. The van der Waals surface area contributed by atoms with Crippen molar-refractivity contribution in [3.63, 3.8) is 0 Å². The van der Waals surface area contributed by atoms with Crippen LogP contribution in [0.25, 0.3) is 0 Å². The SMILES string of the molecule is Cc1ccc(CN2C(=O)c3cc(C(C)(C)O)ccc3C2(OCc2cn[nH]c2)c2ccc(Cl)cc2)cc1.